The summed E-state index contributed by atoms with van der Waals surface area (Å²) in [5.41, 5.74) is 0.563. The largest absolute Gasteiger partial charge is 0.496 e. The molecule has 1 aliphatic heterocycles. The molecule has 0 unspecified atom stereocenters. The molecule has 134 valence electrons. The number of carbonyl (C=O) groups excluding carboxylic acids is 1. The Bertz CT molecular complexity index is 733. The normalized spacial score (nSPS) is 16.6. The predicted octanol–water partition coefficient (Wildman–Crippen LogP) is 2.48. The molecule has 1 aliphatic rings. The van der Waals surface area contributed by atoms with E-state index in [1.54, 1.807) is 14.2 Å². The highest BCUT2D eigenvalue weighted by atomic mass is 16.5. The number of fused-ring (bicyclic) bond motifs is 1. The molecule has 3 rings (SSSR count). The van der Waals surface area contributed by atoms with Gasteiger partial charge in [0.15, 0.2) is 0 Å². The first kappa shape index (κ1) is 17.7. The van der Waals surface area contributed by atoms with Gasteiger partial charge in [0.05, 0.1) is 19.1 Å². The number of methoxy groups -OCH3 is 2. The van der Waals surface area contributed by atoms with Crippen LogP contribution in [0.2, 0.25) is 0 Å². The zero-order chi connectivity index (χ0) is 17.7. The molecule has 2 aromatic rings. The molecular weight excluding hydrogens is 316 g/mol. The Morgan fingerprint density at radius 2 is 1.92 bits per heavy atom. The summed E-state index contributed by atoms with van der Waals surface area (Å²) in [5.74, 6) is 0.857. The van der Waals surface area contributed by atoms with E-state index in [9.17, 15) is 4.79 Å². The third-order valence-electron chi connectivity index (χ3n) is 5.11. The van der Waals surface area contributed by atoms with Crippen molar-refractivity contribution in [3.63, 3.8) is 0 Å². The fourth-order valence-electron chi connectivity index (χ4n) is 3.66. The fourth-order valence-corrected chi connectivity index (χ4v) is 3.66. The van der Waals surface area contributed by atoms with Crippen molar-refractivity contribution < 1.29 is 14.3 Å². The van der Waals surface area contributed by atoms with E-state index in [1.807, 2.05) is 24.3 Å². The number of rotatable bonds is 6. The van der Waals surface area contributed by atoms with Crippen molar-refractivity contribution >= 4 is 16.7 Å². The number of carbonyl (C=O) groups is 1. The van der Waals surface area contributed by atoms with E-state index in [0.717, 1.165) is 48.0 Å². The monoisotopic (exact) mass is 342 g/mol. The highest BCUT2D eigenvalue weighted by molar-refractivity contribution is 5.89. The maximum absolute atomic E-state index is 13.0. The SMILES string of the molecule is COCC1(C(=O)NCc2c(OC)ccc3ccccc23)CCNCC1. The number of nitrogens with one attached hydrogen (secondary N) is 2. The van der Waals surface area contributed by atoms with Crippen molar-refractivity contribution in [3.8, 4) is 5.75 Å². The van der Waals surface area contributed by atoms with Crippen LogP contribution in [0.4, 0.5) is 0 Å². The molecule has 0 saturated carbocycles. The molecule has 5 nitrogen and oxygen atoms in total. The Hall–Kier alpha value is -2.11. The van der Waals surface area contributed by atoms with Crippen molar-refractivity contribution in [2.75, 3.05) is 33.9 Å². The molecule has 25 heavy (non-hydrogen) atoms. The van der Waals surface area contributed by atoms with Crippen LogP contribution in [0.1, 0.15) is 18.4 Å². The van der Waals surface area contributed by atoms with Gasteiger partial charge in [0.25, 0.3) is 0 Å². The first-order valence-corrected chi connectivity index (χ1v) is 8.73. The van der Waals surface area contributed by atoms with Crippen LogP contribution in [0.3, 0.4) is 0 Å². The number of benzene rings is 2. The highest BCUT2D eigenvalue weighted by Gasteiger charge is 2.39. The molecule has 0 radical (unpaired) electrons. The number of ether oxygens (including phenoxy) is 2. The van der Waals surface area contributed by atoms with Crippen LogP contribution in [0.5, 0.6) is 5.75 Å². The number of hydrogen-bond acceptors (Lipinski definition) is 4. The molecule has 1 amide bonds. The second-order valence-corrected chi connectivity index (χ2v) is 6.61. The maximum Gasteiger partial charge on any atom is 0.228 e. The minimum absolute atomic E-state index is 0.0610. The van der Waals surface area contributed by atoms with Gasteiger partial charge in [-0.1, -0.05) is 30.3 Å². The molecule has 0 spiro atoms. The van der Waals surface area contributed by atoms with Gasteiger partial charge in [0.1, 0.15) is 5.75 Å². The topological polar surface area (TPSA) is 59.6 Å². The smallest absolute Gasteiger partial charge is 0.228 e. The zero-order valence-corrected chi connectivity index (χ0v) is 14.9. The van der Waals surface area contributed by atoms with Crippen LogP contribution in [-0.4, -0.2) is 39.8 Å². The Balaban J connectivity index is 1.83. The Morgan fingerprint density at radius 3 is 2.64 bits per heavy atom. The summed E-state index contributed by atoms with van der Waals surface area (Å²) in [7, 11) is 3.32. The van der Waals surface area contributed by atoms with Crippen molar-refractivity contribution in [2.45, 2.75) is 19.4 Å². The lowest BCUT2D eigenvalue weighted by molar-refractivity contribution is -0.136. The summed E-state index contributed by atoms with van der Waals surface area (Å²) in [6.07, 6.45) is 1.58. The Morgan fingerprint density at radius 1 is 1.16 bits per heavy atom. The molecule has 1 saturated heterocycles. The van der Waals surface area contributed by atoms with Gasteiger partial charge < -0.3 is 20.1 Å². The van der Waals surface area contributed by atoms with Gasteiger partial charge in [-0.15, -0.1) is 0 Å². The molecule has 2 aromatic carbocycles. The summed E-state index contributed by atoms with van der Waals surface area (Å²) in [6, 6.07) is 12.2. The quantitative estimate of drug-likeness (QED) is 0.847. The second kappa shape index (κ2) is 7.85. The van der Waals surface area contributed by atoms with Gasteiger partial charge in [-0.2, -0.15) is 0 Å². The summed E-state index contributed by atoms with van der Waals surface area (Å²) in [4.78, 5) is 13.0. The molecule has 0 aliphatic carbocycles. The molecule has 1 heterocycles. The lowest BCUT2D eigenvalue weighted by Gasteiger charge is -2.35. The van der Waals surface area contributed by atoms with Crippen LogP contribution in [-0.2, 0) is 16.1 Å². The van der Waals surface area contributed by atoms with E-state index in [1.165, 1.54) is 0 Å². The minimum Gasteiger partial charge on any atom is -0.496 e. The maximum atomic E-state index is 13.0. The van der Waals surface area contributed by atoms with Gasteiger partial charge in [0.2, 0.25) is 5.91 Å². The minimum atomic E-state index is -0.447. The lowest BCUT2D eigenvalue weighted by atomic mass is 9.78. The second-order valence-electron chi connectivity index (χ2n) is 6.61. The number of amides is 1. The van der Waals surface area contributed by atoms with E-state index in [0.29, 0.717) is 13.2 Å². The molecule has 5 heteroatoms. The first-order valence-electron chi connectivity index (χ1n) is 8.73. The van der Waals surface area contributed by atoms with Gasteiger partial charge >= 0.3 is 0 Å². The molecule has 2 N–H and O–H groups in total. The van der Waals surface area contributed by atoms with E-state index >= 15 is 0 Å². The van der Waals surface area contributed by atoms with E-state index in [-0.39, 0.29) is 5.91 Å². The Kier molecular flexibility index (Phi) is 5.56. The van der Waals surface area contributed by atoms with Crippen LogP contribution in [0.25, 0.3) is 10.8 Å². The summed E-state index contributed by atoms with van der Waals surface area (Å²) >= 11 is 0. The lowest BCUT2D eigenvalue weighted by Crippen LogP contribution is -2.50. The predicted molar refractivity (Wildman–Crippen MR) is 98.8 cm³/mol. The van der Waals surface area contributed by atoms with Crippen molar-refractivity contribution in [3.05, 3.63) is 42.0 Å². The molecule has 0 aromatic heterocycles. The van der Waals surface area contributed by atoms with Crippen LogP contribution in [0.15, 0.2) is 36.4 Å². The summed E-state index contributed by atoms with van der Waals surface area (Å²) in [5, 5.41) is 8.69. The zero-order valence-electron chi connectivity index (χ0n) is 14.9. The molecule has 0 bridgehead atoms. The van der Waals surface area contributed by atoms with Crippen molar-refractivity contribution in [1.29, 1.82) is 0 Å². The molecular formula is C20H26N2O3. The van der Waals surface area contributed by atoms with Crippen LogP contribution in [0, 0.1) is 5.41 Å². The van der Waals surface area contributed by atoms with Gasteiger partial charge in [-0.25, -0.2) is 0 Å². The van der Waals surface area contributed by atoms with Crippen molar-refractivity contribution in [2.24, 2.45) is 5.41 Å². The van der Waals surface area contributed by atoms with Crippen LogP contribution >= 0.6 is 0 Å². The summed E-state index contributed by atoms with van der Waals surface area (Å²) < 4.78 is 10.9. The average Bonchev–Trinajstić information content (AvgIpc) is 2.66. The van der Waals surface area contributed by atoms with E-state index in [2.05, 4.69) is 22.8 Å². The summed E-state index contributed by atoms with van der Waals surface area (Å²) in [6.45, 7) is 2.58. The molecule has 0 atom stereocenters. The van der Waals surface area contributed by atoms with Gasteiger partial charge in [-0.3, -0.25) is 4.79 Å². The van der Waals surface area contributed by atoms with Gasteiger partial charge in [-0.05, 0) is 42.8 Å². The third-order valence-corrected chi connectivity index (χ3v) is 5.11. The Labute approximate surface area is 148 Å². The first-order chi connectivity index (χ1) is 12.2. The van der Waals surface area contributed by atoms with Crippen molar-refractivity contribution in [1.82, 2.24) is 10.6 Å². The standard InChI is InChI=1S/C20H26N2O3/c1-24-14-20(9-11-21-12-10-20)19(23)22-13-17-16-6-4-3-5-15(16)7-8-18(17)25-2/h3-8,21H,9-14H2,1-2H3,(H,22,23). The highest BCUT2D eigenvalue weighted by Crippen LogP contribution is 2.31. The number of piperidine rings is 1. The van der Waals surface area contributed by atoms with E-state index in [4.69, 9.17) is 9.47 Å². The fraction of sp³-hybridized carbons (Fsp3) is 0.450. The average molecular weight is 342 g/mol. The number of hydrogen-bond donors (Lipinski definition) is 2. The van der Waals surface area contributed by atoms with Crippen LogP contribution < -0.4 is 15.4 Å². The third kappa shape index (κ3) is 3.62. The molecule has 1 fully saturated rings. The van der Waals surface area contributed by atoms with Gasteiger partial charge in [0, 0.05) is 19.2 Å². The van der Waals surface area contributed by atoms with E-state index < -0.39 is 5.41 Å².